The monoisotopic (exact) mass is 276 g/mol. The van der Waals surface area contributed by atoms with Crippen LogP contribution in [0.15, 0.2) is 16.7 Å². The van der Waals surface area contributed by atoms with Crippen molar-refractivity contribution >= 4 is 28.7 Å². The number of pyridine rings is 1. The molecule has 0 spiro atoms. The van der Waals surface area contributed by atoms with Crippen molar-refractivity contribution in [1.82, 2.24) is 4.98 Å². The van der Waals surface area contributed by atoms with Gasteiger partial charge in [0.05, 0.1) is 11.9 Å². The second kappa shape index (κ2) is 5.33. The van der Waals surface area contributed by atoms with E-state index in [1.807, 2.05) is 20.8 Å². The van der Waals surface area contributed by atoms with Gasteiger partial charge in [0.2, 0.25) is 0 Å². The Balaban J connectivity index is 3.08. The van der Waals surface area contributed by atoms with E-state index in [2.05, 4.69) is 9.38 Å². The molecule has 1 atom stereocenters. The second-order valence-electron chi connectivity index (χ2n) is 4.53. The molecule has 0 saturated heterocycles. The summed E-state index contributed by atoms with van der Waals surface area (Å²) in [5.74, 6) is -0.500. The highest BCUT2D eigenvalue weighted by molar-refractivity contribution is 7.91. The molecule has 0 aliphatic rings. The molecule has 0 amide bonds. The van der Waals surface area contributed by atoms with Gasteiger partial charge in [-0.05, 0) is 33.8 Å². The summed E-state index contributed by atoms with van der Waals surface area (Å²) in [6, 6.07) is 1.23. The molecule has 6 heteroatoms. The van der Waals surface area contributed by atoms with Gasteiger partial charge in [-0.1, -0.05) is 16.0 Å². The second-order valence-corrected chi connectivity index (χ2v) is 6.79. The number of nitrogens with zero attached hydrogens (tertiary/aromatic N) is 2. The van der Waals surface area contributed by atoms with Gasteiger partial charge in [0.1, 0.15) is 27.1 Å². The highest BCUT2D eigenvalue weighted by atomic mass is 35.5. The van der Waals surface area contributed by atoms with Crippen molar-refractivity contribution in [2.75, 3.05) is 0 Å². The van der Waals surface area contributed by atoms with E-state index in [0.717, 1.165) is 6.20 Å². The average Bonchev–Trinajstić information content (AvgIpc) is 2.20. The molecule has 0 fully saturated rings. The Hall–Kier alpha value is -0.650. The fourth-order valence-electron chi connectivity index (χ4n) is 0.987. The molecule has 1 unspecified atom stereocenters. The SMILES string of the molecule is C/C(=N/[S+]([O-])C(C)(C)C)c1cc(F)cnc1Cl. The van der Waals surface area contributed by atoms with E-state index in [-0.39, 0.29) is 5.15 Å². The van der Waals surface area contributed by atoms with E-state index in [4.69, 9.17) is 11.6 Å². The van der Waals surface area contributed by atoms with Crippen molar-refractivity contribution in [3.63, 3.8) is 0 Å². The summed E-state index contributed by atoms with van der Waals surface area (Å²) in [5.41, 5.74) is 0.777. The van der Waals surface area contributed by atoms with Crippen LogP contribution in [0.3, 0.4) is 0 Å². The Morgan fingerprint density at radius 1 is 1.53 bits per heavy atom. The third kappa shape index (κ3) is 3.94. The van der Waals surface area contributed by atoms with Crippen LogP contribution in [0.2, 0.25) is 5.15 Å². The summed E-state index contributed by atoms with van der Waals surface area (Å²) in [5, 5.41) is 0.151. The summed E-state index contributed by atoms with van der Waals surface area (Å²) in [6.07, 6.45) is 1.03. The average molecular weight is 277 g/mol. The molecule has 1 aromatic heterocycles. The predicted molar refractivity (Wildman–Crippen MR) is 69.3 cm³/mol. The lowest BCUT2D eigenvalue weighted by Crippen LogP contribution is -2.26. The summed E-state index contributed by atoms with van der Waals surface area (Å²) in [7, 11) is 0. The van der Waals surface area contributed by atoms with Gasteiger partial charge >= 0.3 is 0 Å². The third-order valence-electron chi connectivity index (χ3n) is 1.94. The molecular weight excluding hydrogens is 263 g/mol. The van der Waals surface area contributed by atoms with Gasteiger partial charge in [-0.3, -0.25) is 0 Å². The minimum atomic E-state index is -1.40. The number of rotatable bonds is 2. The fourth-order valence-corrected chi connectivity index (χ4v) is 1.85. The minimum absolute atomic E-state index is 0.151. The zero-order valence-electron chi connectivity index (χ0n) is 10.1. The molecule has 0 aromatic carbocycles. The first-order valence-electron chi connectivity index (χ1n) is 5.00. The molecule has 0 radical (unpaired) electrons. The third-order valence-corrected chi connectivity index (χ3v) is 3.73. The van der Waals surface area contributed by atoms with E-state index in [0.29, 0.717) is 11.3 Å². The Kier molecular flexibility index (Phi) is 4.52. The van der Waals surface area contributed by atoms with Gasteiger partial charge in [0.25, 0.3) is 0 Å². The van der Waals surface area contributed by atoms with Crippen LogP contribution >= 0.6 is 11.6 Å². The fraction of sp³-hybridized carbons (Fsp3) is 0.455. The van der Waals surface area contributed by atoms with Gasteiger partial charge in [-0.25, -0.2) is 9.37 Å². The van der Waals surface area contributed by atoms with Gasteiger partial charge in [0.15, 0.2) is 0 Å². The van der Waals surface area contributed by atoms with Crippen molar-refractivity contribution in [3.05, 3.63) is 28.8 Å². The topological polar surface area (TPSA) is 48.3 Å². The Labute approximate surface area is 108 Å². The normalized spacial score (nSPS) is 14.9. The van der Waals surface area contributed by atoms with Crippen molar-refractivity contribution in [2.24, 2.45) is 4.40 Å². The molecule has 0 bridgehead atoms. The molecule has 0 aliphatic heterocycles. The lowest BCUT2D eigenvalue weighted by molar-refractivity contribution is 0.561. The van der Waals surface area contributed by atoms with E-state index in [9.17, 15) is 8.94 Å². The minimum Gasteiger partial charge on any atom is -0.591 e. The smallest absolute Gasteiger partial charge is 0.144 e. The largest absolute Gasteiger partial charge is 0.591 e. The molecule has 1 heterocycles. The summed E-state index contributed by atoms with van der Waals surface area (Å²) in [6.45, 7) is 7.06. The molecular formula is C11H14ClFN2OS. The van der Waals surface area contributed by atoms with Crippen LogP contribution in [0.1, 0.15) is 33.3 Å². The summed E-state index contributed by atoms with van der Waals surface area (Å²) < 4.78 is 28.4. The van der Waals surface area contributed by atoms with E-state index in [1.165, 1.54) is 6.07 Å². The van der Waals surface area contributed by atoms with Gasteiger partial charge in [0, 0.05) is 5.56 Å². The lowest BCUT2D eigenvalue weighted by Gasteiger charge is -2.18. The van der Waals surface area contributed by atoms with Crippen LogP contribution in [-0.4, -0.2) is 20.0 Å². The highest BCUT2D eigenvalue weighted by Crippen LogP contribution is 2.20. The molecule has 3 nitrogen and oxygen atoms in total. The van der Waals surface area contributed by atoms with Gasteiger partial charge < -0.3 is 4.55 Å². The van der Waals surface area contributed by atoms with Crippen LogP contribution in [0.5, 0.6) is 0 Å². The van der Waals surface area contributed by atoms with Crippen LogP contribution in [0.4, 0.5) is 4.39 Å². The number of aromatic nitrogens is 1. The van der Waals surface area contributed by atoms with Crippen molar-refractivity contribution in [2.45, 2.75) is 32.4 Å². The molecule has 0 saturated carbocycles. The molecule has 0 N–H and O–H groups in total. The van der Waals surface area contributed by atoms with Crippen LogP contribution in [-0.2, 0) is 11.4 Å². The number of halogens is 2. The summed E-state index contributed by atoms with van der Waals surface area (Å²) >= 11 is 4.43. The van der Waals surface area contributed by atoms with Gasteiger partial charge in [-0.15, -0.1) is 0 Å². The molecule has 94 valence electrons. The first-order valence-corrected chi connectivity index (χ1v) is 6.49. The van der Waals surface area contributed by atoms with Crippen LogP contribution < -0.4 is 0 Å². The van der Waals surface area contributed by atoms with Crippen molar-refractivity contribution in [1.29, 1.82) is 0 Å². The zero-order chi connectivity index (χ0) is 13.2. The quantitative estimate of drug-likeness (QED) is 0.473. The maximum Gasteiger partial charge on any atom is 0.144 e. The molecule has 1 rings (SSSR count). The maximum atomic E-state index is 13.0. The summed E-state index contributed by atoms with van der Waals surface area (Å²) in [4.78, 5) is 3.68. The van der Waals surface area contributed by atoms with E-state index < -0.39 is 21.9 Å². The molecule has 1 aromatic rings. The van der Waals surface area contributed by atoms with Crippen molar-refractivity contribution < 1.29 is 8.94 Å². The first-order chi connectivity index (χ1) is 7.71. The number of hydrogen-bond donors (Lipinski definition) is 0. The Morgan fingerprint density at radius 3 is 2.65 bits per heavy atom. The van der Waals surface area contributed by atoms with E-state index in [1.54, 1.807) is 6.92 Å². The molecule has 17 heavy (non-hydrogen) atoms. The first kappa shape index (κ1) is 14.4. The maximum absolute atomic E-state index is 13.0. The van der Waals surface area contributed by atoms with Crippen LogP contribution in [0.25, 0.3) is 0 Å². The Morgan fingerprint density at radius 2 is 2.12 bits per heavy atom. The van der Waals surface area contributed by atoms with E-state index >= 15 is 0 Å². The number of hydrogen-bond acceptors (Lipinski definition) is 3. The van der Waals surface area contributed by atoms with Crippen molar-refractivity contribution in [3.8, 4) is 0 Å². The zero-order valence-corrected chi connectivity index (χ0v) is 11.7. The molecule has 0 aliphatic carbocycles. The predicted octanol–water partition coefficient (Wildman–Crippen LogP) is 3.15. The highest BCUT2D eigenvalue weighted by Gasteiger charge is 2.27. The lowest BCUT2D eigenvalue weighted by atomic mass is 10.2. The van der Waals surface area contributed by atoms with Crippen LogP contribution in [0, 0.1) is 5.82 Å². The van der Waals surface area contributed by atoms with Gasteiger partial charge in [-0.2, -0.15) is 0 Å². The standard InChI is InChI=1S/C11H14ClFN2OS/c1-7(15-17(16)11(2,3)4)9-5-8(13)6-14-10(9)12/h5-6H,1-4H3/b15-7-. The Bertz CT molecular complexity index is 446.